The van der Waals surface area contributed by atoms with Crippen molar-refractivity contribution in [3.63, 3.8) is 0 Å². The monoisotopic (exact) mass is 247 g/mol. The quantitative estimate of drug-likeness (QED) is 0.277. The molecule has 0 unspecified atom stereocenters. The van der Waals surface area contributed by atoms with Gasteiger partial charge in [-0.1, -0.05) is 5.16 Å². The summed E-state index contributed by atoms with van der Waals surface area (Å²) < 4.78 is 0. The minimum Gasteiger partial charge on any atom is -0.409 e. The topological polar surface area (TPSA) is 97.3 Å². The van der Waals surface area contributed by atoms with E-state index in [1.807, 2.05) is 0 Å². The third kappa shape index (κ3) is 2.91. The molecule has 0 radical (unpaired) electrons. The van der Waals surface area contributed by atoms with Gasteiger partial charge in [0.25, 0.3) is 0 Å². The average molecular weight is 247 g/mol. The van der Waals surface area contributed by atoms with Crippen molar-refractivity contribution in [3.05, 3.63) is 42.5 Å². The van der Waals surface area contributed by atoms with Gasteiger partial charge < -0.3 is 10.9 Å². The fourth-order valence-electron chi connectivity index (χ4n) is 1.13. The molecule has 7 heteroatoms. The van der Waals surface area contributed by atoms with E-state index in [2.05, 4.69) is 20.1 Å². The molecule has 3 N–H and O–H groups in total. The molecule has 0 aliphatic carbocycles. The van der Waals surface area contributed by atoms with Gasteiger partial charge in [-0.3, -0.25) is 0 Å². The Hall–Kier alpha value is -2.15. The Morgan fingerprint density at radius 1 is 1.24 bits per heavy atom. The van der Waals surface area contributed by atoms with Crippen LogP contribution >= 0.6 is 11.8 Å². The van der Waals surface area contributed by atoms with Crippen molar-refractivity contribution in [2.45, 2.75) is 10.1 Å². The molecule has 0 saturated carbocycles. The Labute approximate surface area is 102 Å². The molecule has 0 aliphatic rings. The number of aromatic nitrogens is 3. The molecule has 0 bridgehead atoms. The zero-order valence-corrected chi connectivity index (χ0v) is 9.50. The van der Waals surface area contributed by atoms with E-state index in [1.165, 1.54) is 18.1 Å². The van der Waals surface area contributed by atoms with Crippen molar-refractivity contribution < 1.29 is 5.21 Å². The van der Waals surface area contributed by atoms with Gasteiger partial charge in [-0.2, -0.15) is 0 Å². The highest BCUT2D eigenvalue weighted by Crippen LogP contribution is 2.23. The molecule has 2 aromatic rings. The first kappa shape index (κ1) is 11.3. The van der Waals surface area contributed by atoms with Gasteiger partial charge in [0, 0.05) is 18.0 Å². The number of pyridine rings is 1. The maximum atomic E-state index is 8.58. The van der Waals surface area contributed by atoms with E-state index in [9.17, 15) is 0 Å². The smallest absolute Gasteiger partial charge is 0.170 e. The summed E-state index contributed by atoms with van der Waals surface area (Å²) >= 11 is 1.38. The van der Waals surface area contributed by atoms with E-state index >= 15 is 0 Å². The van der Waals surface area contributed by atoms with Crippen LogP contribution in [0.4, 0.5) is 0 Å². The Bertz CT molecular complexity index is 531. The van der Waals surface area contributed by atoms with Crippen LogP contribution in [0.25, 0.3) is 0 Å². The lowest BCUT2D eigenvalue weighted by atomic mass is 10.2. The first-order chi connectivity index (χ1) is 8.29. The standard InChI is InChI=1S/C10H9N5OS/c11-10(15-16)7-1-4-13-9(5-7)17-8-2-3-12-6-14-8/h1-6,16H,(H2,11,15). The Morgan fingerprint density at radius 3 is 2.82 bits per heavy atom. The second-order valence-electron chi connectivity index (χ2n) is 3.02. The third-order valence-electron chi connectivity index (χ3n) is 1.90. The molecule has 0 fully saturated rings. The van der Waals surface area contributed by atoms with Crippen molar-refractivity contribution in [1.82, 2.24) is 15.0 Å². The molecule has 0 atom stereocenters. The highest BCUT2D eigenvalue weighted by molar-refractivity contribution is 7.99. The number of nitrogens with zero attached hydrogens (tertiary/aromatic N) is 4. The second kappa shape index (κ2) is 5.26. The van der Waals surface area contributed by atoms with Gasteiger partial charge >= 0.3 is 0 Å². The molecule has 17 heavy (non-hydrogen) atoms. The average Bonchev–Trinajstić information content (AvgIpc) is 2.39. The van der Waals surface area contributed by atoms with Crippen molar-refractivity contribution >= 4 is 17.6 Å². The molecule has 0 aliphatic heterocycles. The van der Waals surface area contributed by atoms with Crippen molar-refractivity contribution in [2.24, 2.45) is 10.9 Å². The number of hydrogen-bond acceptors (Lipinski definition) is 6. The van der Waals surface area contributed by atoms with E-state index < -0.39 is 0 Å². The first-order valence-corrected chi connectivity index (χ1v) is 5.49. The molecule has 0 amide bonds. The summed E-state index contributed by atoms with van der Waals surface area (Å²) in [6, 6.07) is 5.17. The number of rotatable bonds is 3. The molecule has 2 heterocycles. The van der Waals surface area contributed by atoms with Crippen LogP contribution in [0.1, 0.15) is 5.56 Å². The zero-order valence-electron chi connectivity index (χ0n) is 8.69. The third-order valence-corrected chi connectivity index (χ3v) is 2.79. The fraction of sp³-hybridized carbons (Fsp3) is 0. The lowest BCUT2D eigenvalue weighted by Crippen LogP contribution is -2.13. The van der Waals surface area contributed by atoms with E-state index in [4.69, 9.17) is 10.9 Å². The zero-order chi connectivity index (χ0) is 12.1. The molecule has 0 saturated heterocycles. The van der Waals surface area contributed by atoms with Crippen LogP contribution in [0.2, 0.25) is 0 Å². The van der Waals surface area contributed by atoms with E-state index in [-0.39, 0.29) is 5.84 Å². The molecular weight excluding hydrogens is 238 g/mol. The summed E-state index contributed by atoms with van der Waals surface area (Å²) in [5.74, 6) is 0.0527. The summed E-state index contributed by atoms with van der Waals surface area (Å²) in [7, 11) is 0. The normalized spacial score (nSPS) is 11.4. The largest absolute Gasteiger partial charge is 0.409 e. The van der Waals surface area contributed by atoms with Gasteiger partial charge in [0.2, 0.25) is 0 Å². The molecule has 0 spiro atoms. The highest BCUT2D eigenvalue weighted by atomic mass is 32.2. The Morgan fingerprint density at radius 2 is 2.12 bits per heavy atom. The van der Waals surface area contributed by atoms with Gasteiger partial charge in [-0.15, -0.1) is 0 Å². The van der Waals surface area contributed by atoms with Gasteiger partial charge in [-0.05, 0) is 30.0 Å². The van der Waals surface area contributed by atoms with Crippen LogP contribution < -0.4 is 5.73 Å². The van der Waals surface area contributed by atoms with Gasteiger partial charge in [0.05, 0.1) is 0 Å². The van der Waals surface area contributed by atoms with Crippen LogP contribution in [-0.4, -0.2) is 26.0 Å². The minimum atomic E-state index is 0.0527. The summed E-state index contributed by atoms with van der Waals surface area (Å²) in [5.41, 5.74) is 6.10. The number of amidine groups is 1. The first-order valence-electron chi connectivity index (χ1n) is 4.67. The fourth-order valence-corrected chi connectivity index (χ4v) is 1.87. The van der Waals surface area contributed by atoms with Crippen molar-refractivity contribution in [3.8, 4) is 0 Å². The predicted molar refractivity (Wildman–Crippen MR) is 62.9 cm³/mol. The minimum absolute atomic E-state index is 0.0527. The number of hydrogen-bond donors (Lipinski definition) is 2. The molecular formula is C10H9N5OS. The van der Waals surface area contributed by atoms with Crippen LogP contribution in [0, 0.1) is 0 Å². The van der Waals surface area contributed by atoms with Crippen molar-refractivity contribution in [2.75, 3.05) is 0 Å². The molecule has 86 valence electrons. The predicted octanol–water partition coefficient (Wildman–Crippen LogP) is 1.12. The van der Waals surface area contributed by atoms with Gasteiger partial charge in [-0.25, -0.2) is 15.0 Å². The number of oxime groups is 1. The van der Waals surface area contributed by atoms with Crippen LogP contribution in [0.15, 0.2) is 52.1 Å². The molecule has 0 aromatic carbocycles. The Kier molecular flexibility index (Phi) is 3.51. The van der Waals surface area contributed by atoms with Crippen LogP contribution in [0.5, 0.6) is 0 Å². The molecule has 2 aromatic heterocycles. The van der Waals surface area contributed by atoms with E-state index in [0.29, 0.717) is 10.6 Å². The lowest BCUT2D eigenvalue weighted by Gasteiger charge is -2.02. The second-order valence-corrected chi connectivity index (χ2v) is 4.06. The maximum Gasteiger partial charge on any atom is 0.170 e. The number of nitrogens with two attached hydrogens (primary N) is 1. The van der Waals surface area contributed by atoms with E-state index in [1.54, 1.807) is 30.6 Å². The van der Waals surface area contributed by atoms with E-state index in [0.717, 1.165) is 5.03 Å². The molecule has 2 rings (SSSR count). The van der Waals surface area contributed by atoms with Crippen LogP contribution in [-0.2, 0) is 0 Å². The highest BCUT2D eigenvalue weighted by Gasteiger charge is 2.04. The summed E-state index contributed by atoms with van der Waals surface area (Å²) in [5, 5.41) is 13.0. The Balaban J connectivity index is 2.23. The lowest BCUT2D eigenvalue weighted by molar-refractivity contribution is 0.318. The summed E-state index contributed by atoms with van der Waals surface area (Å²) in [6.07, 6.45) is 4.72. The van der Waals surface area contributed by atoms with Crippen molar-refractivity contribution in [1.29, 1.82) is 0 Å². The summed E-state index contributed by atoms with van der Waals surface area (Å²) in [4.78, 5) is 12.1. The maximum absolute atomic E-state index is 8.58. The molecule has 6 nitrogen and oxygen atoms in total. The van der Waals surface area contributed by atoms with Gasteiger partial charge in [0.1, 0.15) is 16.4 Å². The summed E-state index contributed by atoms with van der Waals surface area (Å²) in [6.45, 7) is 0. The SMILES string of the molecule is NC(=NO)c1ccnc(Sc2ccncn2)c1. The van der Waals surface area contributed by atoms with Gasteiger partial charge in [0.15, 0.2) is 5.84 Å². The van der Waals surface area contributed by atoms with Crippen LogP contribution in [0.3, 0.4) is 0 Å².